The number of rotatable bonds is 6. The number of carbonyl (C=O) groups excluding carboxylic acids is 1. The molecule has 0 saturated heterocycles. The molecule has 0 aromatic heterocycles. The Bertz CT molecular complexity index is 606. The van der Waals surface area contributed by atoms with Crippen LogP contribution in [0.4, 0.5) is 0 Å². The first-order valence-electron chi connectivity index (χ1n) is 9.01. The summed E-state index contributed by atoms with van der Waals surface area (Å²) in [5.74, 6) is -0.320. The average Bonchev–Trinajstić information content (AvgIpc) is 2.62. The van der Waals surface area contributed by atoms with Gasteiger partial charge in [-0.25, -0.2) is 4.79 Å². The molecule has 3 heteroatoms. The van der Waals surface area contributed by atoms with Crippen molar-refractivity contribution in [1.29, 1.82) is 0 Å². The van der Waals surface area contributed by atoms with Gasteiger partial charge in [0, 0.05) is 11.1 Å². The molecule has 0 amide bonds. The van der Waals surface area contributed by atoms with Crippen LogP contribution in [0.5, 0.6) is 0 Å². The van der Waals surface area contributed by atoms with Crippen LogP contribution in [0.2, 0.25) is 0 Å². The number of hydrogen-bond donors (Lipinski definition) is 1. The van der Waals surface area contributed by atoms with Crippen LogP contribution in [-0.2, 0) is 4.74 Å². The van der Waals surface area contributed by atoms with Crippen molar-refractivity contribution in [3.8, 4) is 0 Å². The third-order valence-electron chi connectivity index (χ3n) is 4.57. The number of esters is 1. The lowest BCUT2D eigenvalue weighted by molar-refractivity contribution is 0.0600. The highest BCUT2D eigenvalue weighted by Crippen LogP contribution is 2.27. The van der Waals surface area contributed by atoms with Gasteiger partial charge in [-0.15, -0.1) is 5.73 Å². The van der Waals surface area contributed by atoms with E-state index in [1.165, 1.54) is 20.0 Å². The maximum atomic E-state index is 11.6. The molecule has 0 radical (unpaired) electrons. The van der Waals surface area contributed by atoms with Gasteiger partial charge in [-0.05, 0) is 49.8 Å². The van der Waals surface area contributed by atoms with Crippen molar-refractivity contribution in [1.82, 2.24) is 0 Å². The predicted molar refractivity (Wildman–Crippen MR) is 96.8 cm³/mol. The van der Waals surface area contributed by atoms with Gasteiger partial charge in [0.25, 0.3) is 0 Å². The molecule has 1 N–H and O–H groups in total. The first-order valence-corrected chi connectivity index (χ1v) is 9.01. The molecule has 0 unspecified atom stereocenters. The zero-order chi connectivity index (χ0) is 17.4. The SMILES string of the molecule is CCCCCC(=C=C1CCCC[C@@H]1O)c1ccc(C(=O)OC)cc1. The molecule has 130 valence electrons. The van der Waals surface area contributed by atoms with Crippen LogP contribution in [0.25, 0.3) is 5.57 Å². The highest BCUT2D eigenvalue weighted by Gasteiger charge is 2.16. The van der Waals surface area contributed by atoms with Crippen LogP contribution in [0, 0.1) is 0 Å². The van der Waals surface area contributed by atoms with Crippen molar-refractivity contribution in [2.75, 3.05) is 7.11 Å². The summed E-state index contributed by atoms with van der Waals surface area (Å²) in [4.78, 5) is 11.6. The molecule has 1 aliphatic rings. The minimum absolute atomic E-state index is 0.320. The van der Waals surface area contributed by atoms with Crippen LogP contribution >= 0.6 is 0 Å². The van der Waals surface area contributed by atoms with Crippen molar-refractivity contribution in [2.45, 2.75) is 64.4 Å². The normalized spacial score (nSPS) is 17.3. The Kier molecular flexibility index (Phi) is 7.30. The zero-order valence-corrected chi connectivity index (χ0v) is 14.8. The Morgan fingerprint density at radius 3 is 2.54 bits per heavy atom. The van der Waals surface area contributed by atoms with Gasteiger partial charge >= 0.3 is 5.97 Å². The molecule has 1 aromatic rings. The van der Waals surface area contributed by atoms with E-state index in [9.17, 15) is 9.90 Å². The Hall–Kier alpha value is -1.83. The lowest BCUT2D eigenvalue weighted by atomic mass is 9.90. The highest BCUT2D eigenvalue weighted by molar-refractivity contribution is 5.89. The van der Waals surface area contributed by atoms with E-state index in [-0.39, 0.29) is 12.1 Å². The quantitative estimate of drug-likeness (QED) is 0.459. The lowest BCUT2D eigenvalue weighted by Crippen LogP contribution is -2.14. The highest BCUT2D eigenvalue weighted by atomic mass is 16.5. The fraction of sp³-hybridized carbons (Fsp3) is 0.524. The second-order valence-electron chi connectivity index (χ2n) is 6.42. The molecular weight excluding hydrogens is 300 g/mol. The van der Waals surface area contributed by atoms with Gasteiger partial charge in [-0.2, -0.15) is 0 Å². The minimum Gasteiger partial charge on any atom is -0.465 e. The standard InChI is InChI=1S/C21H28O3/c1-3-4-5-8-18(15-19-9-6-7-10-20(19)22)16-11-13-17(14-12-16)21(23)24-2/h11-14,20,22H,3-10H2,1-2H3/t15?,20-/m0/s1. The first kappa shape index (κ1) is 18.5. The van der Waals surface area contributed by atoms with E-state index in [0.717, 1.165) is 55.2 Å². The summed E-state index contributed by atoms with van der Waals surface area (Å²) in [6, 6.07) is 7.50. The summed E-state index contributed by atoms with van der Waals surface area (Å²) >= 11 is 0. The van der Waals surface area contributed by atoms with Gasteiger partial charge in [0.15, 0.2) is 0 Å². The summed E-state index contributed by atoms with van der Waals surface area (Å²) in [6.07, 6.45) is 8.05. The van der Waals surface area contributed by atoms with Gasteiger partial charge in [-0.3, -0.25) is 0 Å². The molecule has 1 saturated carbocycles. The summed E-state index contributed by atoms with van der Waals surface area (Å²) in [5, 5.41) is 10.2. The van der Waals surface area contributed by atoms with Gasteiger partial charge in [0.2, 0.25) is 0 Å². The monoisotopic (exact) mass is 328 g/mol. The maximum Gasteiger partial charge on any atom is 0.337 e. The molecule has 0 heterocycles. The smallest absolute Gasteiger partial charge is 0.337 e. The Labute approximate surface area is 145 Å². The molecule has 24 heavy (non-hydrogen) atoms. The van der Waals surface area contributed by atoms with Gasteiger partial charge in [-0.1, -0.05) is 38.3 Å². The number of methoxy groups -OCH3 is 1. The van der Waals surface area contributed by atoms with Crippen molar-refractivity contribution < 1.29 is 14.6 Å². The van der Waals surface area contributed by atoms with E-state index in [2.05, 4.69) is 12.7 Å². The van der Waals surface area contributed by atoms with Crippen molar-refractivity contribution in [3.63, 3.8) is 0 Å². The summed E-state index contributed by atoms with van der Waals surface area (Å²) in [6.45, 7) is 2.19. The Morgan fingerprint density at radius 2 is 1.92 bits per heavy atom. The molecule has 1 fully saturated rings. The molecule has 2 rings (SSSR count). The van der Waals surface area contributed by atoms with Crippen LogP contribution in [0.15, 0.2) is 35.6 Å². The van der Waals surface area contributed by atoms with Crippen LogP contribution < -0.4 is 0 Å². The van der Waals surface area contributed by atoms with Gasteiger partial charge in [0.1, 0.15) is 0 Å². The summed E-state index contributed by atoms with van der Waals surface area (Å²) < 4.78 is 4.75. The number of benzene rings is 1. The lowest BCUT2D eigenvalue weighted by Gasteiger charge is -2.19. The molecule has 0 bridgehead atoms. The number of aliphatic hydroxyl groups excluding tert-OH is 1. The van der Waals surface area contributed by atoms with E-state index >= 15 is 0 Å². The van der Waals surface area contributed by atoms with E-state index in [1.54, 1.807) is 12.1 Å². The minimum atomic E-state index is -0.353. The number of aliphatic hydroxyl groups is 1. The van der Waals surface area contributed by atoms with Crippen molar-refractivity contribution in [2.24, 2.45) is 0 Å². The zero-order valence-electron chi connectivity index (χ0n) is 14.8. The largest absolute Gasteiger partial charge is 0.465 e. The molecule has 1 atom stereocenters. The van der Waals surface area contributed by atoms with E-state index in [1.807, 2.05) is 12.1 Å². The topological polar surface area (TPSA) is 46.5 Å². The molecule has 1 aromatic carbocycles. The molecule has 1 aliphatic carbocycles. The van der Waals surface area contributed by atoms with Crippen LogP contribution in [-0.4, -0.2) is 24.3 Å². The fourth-order valence-corrected chi connectivity index (χ4v) is 3.09. The Morgan fingerprint density at radius 1 is 1.21 bits per heavy atom. The fourth-order valence-electron chi connectivity index (χ4n) is 3.09. The molecule has 0 aliphatic heterocycles. The van der Waals surface area contributed by atoms with Gasteiger partial charge < -0.3 is 9.84 Å². The molecule has 0 spiro atoms. The second kappa shape index (κ2) is 9.46. The molecule has 3 nitrogen and oxygen atoms in total. The van der Waals surface area contributed by atoms with E-state index in [4.69, 9.17) is 4.74 Å². The first-order chi connectivity index (χ1) is 11.7. The summed E-state index contributed by atoms with van der Waals surface area (Å²) in [5.41, 5.74) is 7.31. The van der Waals surface area contributed by atoms with E-state index in [0.29, 0.717) is 5.56 Å². The number of carbonyl (C=O) groups is 1. The summed E-state index contributed by atoms with van der Waals surface area (Å²) in [7, 11) is 1.39. The Balaban J connectivity index is 2.31. The van der Waals surface area contributed by atoms with Gasteiger partial charge in [0.05, 0.1) is 18.8 Å². The third kappa shape index (κ3) is 5.09. The van der Waals surface area contributed by atoms with Crippen molar-refractivity contribution in [3.05, 3.63) is 46.7 Å². The van der Waals surface area contributed by atoms with Crippen LogP contribution in [0.1, 0.15) is 74.2 Å². The number of ether oxygens (including phenoxy) is 1. The number of unbranched alkanes of at least 4 members (excludes halogenated alkanes) is 2. The predicted octanol–water partition coefficient (Wildman–Crippen LogP) is 4.90. The third-order valence-corrected chi connectivity index (χ3v) is 4.57. The second-order valence-corrected chi connectivity index (χ2v) is 6.42. The maximum absolute atomic E-state index is 11.6. The average molecular weight is 328 g/mol. The van der Waals surface area contributed by atoms with Crippen LogP contribution in [0.3, 0.4) is 0 Å². The van der Waals surface area contributed by atoms with Crippen molar-refractivity contribution >= 4 is 11.5 Å². The molecular formula is C21H28O3. The number of hydrogen-bond acceptors (Lipinski definition) is 3. The van der Waals surface area contributed by atoms with E-state index < -0.39 is 0 Å².